The molecule has 0 radical (unpaired) electrons. The maximum absolute atomic E-state index is 9.50. The number of para-hydroxylation sites is 4. The van der Waals surface area contributed by atoms with Crippen LogP contribution in [0.25, 0.3) is 27.8 Å². The van der Waals surface area contributed by atoms with E-state index in [1.165, 1.54) is 0 Å². The first-order chi connectivity index (χ1) is 26.6. The summed E-state index contributed by atoms with van der Waals surface area (Å²) in [6.07, 6.45) is 23.5. The van der Waals surface area contributed by atoms with E-state index >= 15 is 0 Å². The lowest BCUT2D eigenvalue weighted by Crippen LogP contribution is -2.34. The molecular weight excluding hydrogens is 665 g/mol. The van der Waals surface area contributed by atoms with Gasteiger partial charge in [-0.05, 0) is 78.6 Å². The second kappa shape index (κ2) is 18.2. The van der Waals surface area contributed by atoms with Gasteiger partial charge in [-0.3, -0.25) is 9.98 Å². The Balaban J connectivity index is 1.21. The average Bonchev–Trinajstić information content (AvgIpc) is 3.22. The molecular formula is C46H38N8+2. The highest BCUT2D eigenvalue weighted by atomic mass is 15.0. The SMILES string of the molecule is C\C=C/C(=C/C=Nc1ccccc1C#N)C(/C=C\C)=C/C=NCc1nc2ccccc2nc1C[n+]1ccc(-c2cc[n+](-c3ccccc3C#N)cc2)cc1. The highest BCUT2D eigenvalue weighted by molar-refractivity contribution is 5.82. The molecule has 0 aliphatic heterocycles. The van der Waals surface area contributed by atoms with Crippen LogP contribution in [0.4, 0.5) is 5.69 Å². The molecule has 8 heteroatoms. The molecule has 0 unspecified atom stereocenters. The van der Waals surface area contributed by atoms with Gasteiger partial charge in [0.1, 0.15) is 23.4 Å². The first-order valence-corrected chi connectivity index (χ1v) is 17.5. The molecule has 0 amide bonds. The Hall–Kier alpha value is -7.42. The molecule has 6 aromatic rings. The van der Waals surface area contributed by atoms with Crippen LogP contribution in [-0.4, -0.2) is 22.4 Å². The molecule has 0 aliphatic rings. The fraction of sp³-hybridized carbons (Fsp3) is 0.0870. The van der Waals surface area contributed by atoms with E-state index in [1.807, 2.05) is 134 Å². The second-order valence-electron chi connectivity index (χ2n) is 12.1. The van der Waals surface area contributed by atoms with Gasteiger partial charge in [-0.15, -0.1) is 0 Å². The third-order valence-corrected chi connectivity index (χ3v) is 8.53. The summed E-state index contributed by atoms with van der Waals surface area (Å²) in [5.41, 5.74) is 10.00. The van der Waals surface area contributed by atoms with E-state index in [0.29, 0.717) is 29.9 Å². The Labute approximate surface area is 315 Å². The van der Waals surface area contributed by atoms with Gasteiger partial charge in [-0.1, -0.05) is 60.7 Å². The van der Waals surface area contributed by atoms with E-state index in [4.69, 9.17) is 15.0 Å². The lowest BCUT2D eigenvalue weighted by Gasteiger charge is -2.07. The van der Waals surface area contributed by atoms with E-state index in [-0.39, 0.29) is 0 Å². The number of nitrogens with zero attached hydrogens (tertiary/aromatic N) is 8. The molecule has 0 saturated carbocycles. The molecule has 0 fully saturated rings. The molecule has 0 saturated heterocycles. The molecule has 0 spiro atoms. The fourth-order valence-electron chi connectivity index (χ4n) is 5.83. The van der Waals surface area contributed by atoms with Crippen LogP contribution in [-0.2, 0) is 13.1 Å². The van der Waals surface area contributed by atoms with Crippen molar-refractivity contribution in [3.8, 4) is 29.0 Å². The summed E-state index contributed by atoms with van der Waals surface area (Å²) in [6, 6.07) is 35.5. The molecule has 0 atom stereocenters. The van der Waals surface area contributed by atoms with Crippen LogP contribution >= 0.6 is 0 Å². The zero-order valence-electron chi connectivity index (χ0n) is 30.2. The summed E-state index contributed by atoms with van der Waals surface area (Å²) in [7, 11) is 0. The third kappa shape index (κ3) is 9.08. The minimum absolute atomic E-state index is 0.361. The number of aliphatic imine (C=N–C) groups is 2. The highest BCUT2D eigenvalue weighted by Gasteiger charge is 2.15. The van der Waals surface area contributed by atoms with Crippen LogP contribution in [0.5, 0.6) is 0 Å². The van der Waals surface area contributed by atoms with Crippen molar-refractivity contribution >= 4 is 29.1 Å². The van der Waals surface area contributed by atoms with Crippen molar-refractivity contribution in [1.82, 2.24) is 9.97 Å². The number of hydrogen-bond acceptors (Lipinski definition) is 6. The van der Waals surface area contributed by atoms with Crippen molar-refractivity contribution in [1.29, 1.82) is 10.5 Å². The zero-order chi connectivity index (χ0) is 37.5. The van der Waals surface area contributed by atoms with Crippen molar-refractivity contribution < 1.29 is 9.13 Å². The van der Waals surface area contributed by atoms with Crippen LogP contribution in [0.1, 0.15) is 36.4 Å². The molecule has 0 N–H and O–H groups in total. The van der Waals surface area contributed by atoms with Gasteiger partial charge in [0.25, 0.3) is 0 Å². The number of hydrogen-bond donors (Lipinski definition) is 0. The topological polar surface area (TPSA) is 106 Å². The molecule has 3 heterocycles. The third-order valence-electron chi connectivity index (χ3n) is 8.53. The monoisotopic (exact) mass is 702 g/mol. The Morgan fingerprint density at radius 3 is 1.85 bits per heavy atom. The number of aromatic nitrogens is 4. The van der Waals surface area contributed by atoms with Crippen LogP contribution in [0.3, 0.4) is 0 Å². The average molecular weight is 703 g/mol. The number of benzene rings is 3. The highest BCUT2D eigenvalue weighted by Crippen LogP contribution is 2.20. The summed E-state index contributed by atoms with van der Waals surface area (Å²) in [5, 5.41) is 18.9. The van der Waals surface area contributed by atoms with E-state index in [0.717, 1.165) is 50.4 Å². The molecule has 54 heavy (non-hydrogen) atoms. The summed E-state index contributed by atoms with van der Waals surface area (Å²) in [6.45, 7) is 4.84. The lowest BCUT2D eigenvalue weighted by atomic mass is 10.0. The standard InChI is InChI=1S/C46H38N8/c1-3-11-35(36(12-4-2)20-26-50-41-15-7-5-13-39(41)31-47)19-25-49-33-44-45(52-43-17-9-8-16-42(43)51-44)34-53-27-21-37(22-28-53)38-23-29-54(30-24-38)46-18-10-6-14-40(46)32-48/h3-30H,33-34H2,1-2H3/q+2/b11-3-,12-4-,35-19+,36-20-,49-25?,50-26?. The van der Waals surface area contributed by atoms with Gasteiger partial charge in [0.15, 0.2) is 31.3 Å². The summed E-state index contributed by atoms with van der Waals surface area (Å²) in [4.78, 5) is 19.3. The fourth-order valence-corrected chi connectivity index (χ4v) is 5.83. The van der Waals surface area contributed by atoms with Crippen molar-refractivity contribution in [2.75, 3.05) is 0 Å². The minimum Gasteiger partial charge on any atom is -0.287 e. The number of nitriles is 2. The zero-order valence-corrected chi connectivity index (χ0v) is 30.2. The van der Waals surface area contributed by atoms with E-state index in [2.05, 4.69) is 58.4 Å². The van der Waals surface area contributed by atoms with Gasteiger partial charge < -0.3 is 0 Å². The number of allylic oxidation sites excluding steroid dienone is 8. The predicted molar refractivity (Wildman–Crippen MR) is 214 cm³/mol. The Bertz CT molecular complexity index is 2520. The van der Waals surface area contributed by atoms with Gasteiger partial charge in [-0.2, -0.15) is 19.7 Å². The van der Waals surface area contributed by atoms with Crippen molar-refractivity contribution in [3.63, 3.8) is 0 Å². The van der Waals surface area contributed by atoms with Gasteiger partial charge >= 0.3 is 0 Å². The summed E-state index contributed by atoms with van der Waals surface area (Å²) >= 11 is 0. The summed E-state index contributed by atoms with van der Waals surface area (Å²) in [5.74, 6) is 0. The maximum Gasteiger partial charge on any atom is 0.228 e. The first kappa shape index (κ1) is 36.4. The number of pyridine rings is 2. The molecule has 260 valence electrons. The molecule has 8 nitrogen and oxygen atoms in total. The molecule has 0 aliphatic carbocycles. The van der Waals surface area contributed by atoms with Gasteiger partial charge in [0.05, 0.1) is 34.5 Å². The number of rotatable bonds is 12. The lowest BCUT2D eigenvalue weighted by molar-refractivity contribution is -0.688. The summed E-state index contributed by atoms with van der Waals surface area (Å²) < 4.78 is 4.05. The van der Waals surface area contributed by atoms with Crippen molar-refractivity contribution in [2.24, 2.45) is 9.98 Å². The molecule has 3 aromatic heterocycles. The molecule has 3 aromatic carbocycles. The Morgan fingerprint density at radius 1 is 0.648 bits per heavy atom. The van der Waals surface area contributed by atoms with Gasteiger partial charge in [0.2, 0.25) is 5.69 Å². The van der Waals surface area contributed by atoms with Crippen molar-refractivity contribution in [2.45, 2.75) is 26.9 Å². The smallest absolute Gasteiger partial charge is 0.228 e. The predicted octanol–water partition coefficient (Wildman–Crippen LogP) is 8.63. The normalized spacial score (nSPS) is 12.3. The van der Waals surface area contributed by atoms with Crippen LogP contribution in [0.2, 0.25) is 0 Å². The second-order valence-corrected chi connectivity index (χ2v) is 12.1. The van der Waals surface area contributed by atoms with Crippen LogP contribution in [0, 0.1) is 22.7 Å². The van der Waals surface area contributed by atoms with Crippen LogP contribution in [0.15, 0.2) is 179 Å². The minimum atomic E-state index is 0.361. The van der Waals surface area contributed by atoms with E-state index in [9.17, 15) is 10.5 Å². The van der Waals surface area contributed by atoms with Crippen LogP contribution < -0.4 is 9.13 Å². The Morgan fingerprint density at radius 2 is 1.20 bits per heavy atom. The number of fused-ring (bicyclic) bond motifs is 1. The van der Waals surface area contributed by atoms with E-state index in [1.54, 1.807) is 18.5 Å². The Kier molecular flexibility index (Phi) is 12.2. The van der Waals surface area contributed by atoms with Gasteiger partial charge in [-0.25, -0.2) is 9.97 Å². The maximum atomic E-state index is 9.50. The quantitative estimate of drug-likeness (QED) is 0.0723. The van der Waals surface area contributed by atoms with Crippen molar-refractivity contribution in [3.05, 3.63) is 192 Å². The van der Waals surface area contributed by atoms with Gasteiger partial charge in [0, 0.05) is 42.8 Å². The molecule has 0 bridgehead atoms. The van der Waals surface area contributed by atoms with E-state index < -0.39 is 0 Å². The molecule has 6 rings (SSSR count). The first-order valence-electron chi connectivity index (χ1n) is 17.5. The largest absolute Gasteiger partial charge is 0.287 e.